The van der Waals surface area contributed by atoms with Crippen molar-refractivity contribution in [2.75, 3.05) is 17.3 Å². The predicted octanol–water partition coefficient (Wildman–Crippen LogP) is 4.05. The van der Waals surface area contributed by atoms with Crippen LogP contribution in [0.1, 0.15) is 23.7 Å². The summed E-state index contributed by atoms with van der Waals surface area (Å²) in [5, 5.41) is 4.27. The van der Waals surface area contributed by atoms with Crippen LogP contribution in [0.5, 0.6) is 0 Å². The molecule has 0 bridgehead atoms. The molecule has 108 valence electrons. The van der Waals surface area contributed by atoms with Crippen molar-refractivity contribution >= 4 is 22.7 Å². The number of aryl methyl sites for hydroxylation is 1. The Balaban J connectivity index is 2.05. The van der Waals surface area contributed by atoms with Crippen LogP contribution in [0.4, 0.5) is 15.8 Å². The van der Waals surface area contributed by atoms with Crippen molar-refractivity contribution in [1.29, 1.82) is 0 Å². The molecular weight excluding hydrogens is 273 g/mol. The average molecular weight is 293 g/mol. The molecule has 20 heavy (non-hydrogen) atoms. The third kappa shape index (κ3) is 3.48. The van der Waals surface area contributed by atoms with E-state index in [1.54, 1.807) is 17.4 Å². The minimum Gasteiger partial charge on any atom is -0.380 e. The number of benzene rings is 1. The highest BCUT2D eigenvalue weighted by Gasteiger charge is 2.11. The highest BCUT2D eigenvalue weighted by molar-refractivity contribution is 7.11. The first kappa shape index (κ1) is 14.8. The van der Waals surface area contributed by atoms with E-state index in [0.717, 1.165) is 15.6 Å². The van der Waals surface area contributed by atoms with Crippen molar-refractivity contribution in [2.24, 2.45) is 0 Å². The van der Waals surface area contributed by atoms with Gasteiger partial charge in [-0.3, -0.25) is 0 Å². The van der Waals surface area contributed by atoms with Crippen LogP contribution in [0.3, 0.4) is 0 Å². The van der Waals surface area contributed by atoms with Gasteiger partial charge in [-0.2, -0.15) is 0 Å². The zero-order chi connectivity index (χ0) is 14.7. The monoisotopic (exact) mass is 293 g/mol. The van der Waals surface area contributed by atoms with Gasteiger partial charge in [0.1, 0.15) is 5.82 Å². The summed E-state index contributed by atoms with van der Waals surface area (Å²) >= 11 is 1.65. The second kappa shape index (κ2) is 6.22. The number of rotatable bonds is 5. The van der Waals surface area contributed by atoms with Gasteiger partial charge in [0.25, 0.3) is 0 Å². The topological polar surface area (TPSA) is 28.2 Å². The number of halogens is 1. The molecule has 0 saturated carbocycles. The molecule has 1 heterocycles. The summed E-state index contributed by atoms with van der Waals surface area (Å²) in [4.78, 5) is 7.27. The van der Waals surface area contributed by atoms with Crippen LogP contribution < -0.4 is 10.2 Å². The molecule has 0 fully saturated rings. The van der Waals surface area contributed by atoms with Gasteiger partial charge in [-0.05, 0) is 39.0 Å². The lowest BCUT2D eigenvalue weighted by Gasteiger charge is -2.24. The molecule has 2 aromatic rings. The van der Waals surface area contributed by atoms with Gasteiger partial charge in [0.05, 0.1) is 17.2 Å². The lowest BCUT2D eigenvalue weighted by atomic mass is 10.2. The molecule has 3 nitrogen and oxygen atoms in total. The van der Waals surface area contributed by atoms with Crippen molar-refractivity contribution in [3.8, 4) is 0 Å². The zero-order valence-electron chi connectivity index (χ0n) is 12.3. The van der Waals surface area contributed by atoms with Crippen LogP contribution in [0, 0.1) is 12.7 Å². The maximum atomic E-state index is 14.1. The Kier molecular flexibility index (Phi) is 4.60. The predicted molar refractivity (Wildman–Crippen MR) is 84.1 cm³/mol. The van der Waals surface area contributed by atoms with Gasteiger partial charge in [-0.15, -0.1) is 11.3 Å². The molecule has 0 spiro atoms. The van der Waals surface area contributed by atoms with Gasteiger partial charge in [0, 0.05) is 29.9 Å². The fourth-order valence-electron chi connectivity index (χ4n) is 1.86. The number of nitrogens with zero attached hydrogens (tertiary/aromatic N) is 2. The molecule has 0 saturated heterocycles. The third-order valence-electron chi connectivity index (χ3n) is 3.24. The second-order valence-electron chi connectivity index (χ2n) is 5.07. The zero-order valence-corrected chi connectivity index (χ0v) is 13.1. The fourth-order valence-corrected chi connectivity index (χ4v) is 2.59. The maximum absolute atomic E-state index is 14.1. The molecular formula is C15H20FN3S. The average Bonchev–Trinajstić information content (AvgIpc) is 2.81. The van der Waals surface area contributed by atoms with E-state index in [1.807, 2.05) is 51.0 Å². The van der Waals surface area contributed by atoms with E-state index in [0.29, 0.717) is 12.2 Å². The Bertz CT molecular complexity index is 580. The molecule has 0 aliphatic heterocycles. The first-order valence-corrected chi connectivity index (χ1v) is 7.46. The first-order chi connectivity index (χ1) is 9.47. The summed E-state index contributed by atoms with van der Waals surface area (Å²) in [7, 11) is 1.90. The number of anilines is 2. The summed E-state index contributed by atoms with van der Waals surface area (Å²) in [6.45, 7) is 6.73. The second-order valence-corrected chi connectivity index (χ2v) is 6.39. The van der Waals surface area contributed by atoms with E-state index < -0.39 is 0 Å². The standard InChI is InChI=1S/C15H20FN3S/c1-10(2)19(4)15-6-5-12(7-14(15)16)18-9-13-8-17-11(3)20-13/h5-8,10,18H,9H2,1-4H3. The molecule has 0 unspecified atom stereocenters. The highest BCUT2D eigenvalue weighted by Crippen LogP contribution is 2.24. The van der Waals surface area contributed by atoms with E-state index in [-0.39, 0.29) is 11.9 Å². The quantitative estimate of drug-likeness (QED) is 0.901. The van der Waals surface area contributed by atoms with Crippen LogP contribution >= 0.6 is 11.3 Å². The molecule has 0 aliphatic carbocycles. The molecule has 1 N–H and O–H groups in total. The number of nitrogens with one attached hydrogen (secondary N) is 1. The van der Waals surface area contributed by atoms with Gasteiger partial charge in [0.15, 0.2) is 0 Å². The SMILES string of the molecule is Cc1ncc(CNc2ccc(N(C)C(C)C)c(F)c2)s1. The Hall–Kier alpha value is -1.62. The minimum absolute atomic E-state index is 0.202. The molecule has 0 atom stereocenters. The normalized spacial score (nSPS) is 10.9. The van der Waals surface area contributed by atoms with E-state index >= 15 is 0 Å². The van der Waals surface area contributed by atoms with E-state index in [2.05, 4.69) is 10.3 Å². The van der Waals surface area contributed by atoms with Crippen molar-refractivity contribution in [3.63, 3.8) is 0 Å². The summed E-state index contributed by atoms with van der Waals surface area (Å²) in [5.41, 5.74) is 1.41. The van der Waals surface area contributed by atoms with Gasteiger partial charge in [-0.1, -0.05) is 0 Å². The number of aromatic nitrogens is 1. The molecule has 1 aromatic heterocycles. The number of hydrogen-bond donors (Lipinski definition) is 1. The van der Waals surface area contributed by atoms with Crippen molar-refractivity contribution in [2.45, 2.75) is 33.4 Å². The summed E-state index contributed by atoms with van der Waals surface area (Å²) < 4.78 is 14.1. The van der Waals surface area contributed by atoms with Crippen molar-refractivity contribution < 1.29 is 4.39 Å². The van der Waals surface area contributed by atoms with Crippen LogP contribution in [0.2, 0.25) is 0 Å². The van der Waals surface area contributed by atoms with Crippen LogP contribution in [0.15, 0.2) is 24.4 Å². The van der Waals surface area contributed by atoms with Gasteiger partial charge >= 0.3 is 0 Å². The Labute approximate surface area is 123 Å². The lowest BCUT2D eigenvalue weighted by molar-refractivity contribution is 0.614. The first-order valence-electron chi connectivity index (χ1n) is 6.65. The fraction of sp³-hybridized carbons (Fsp3) is 0.400. The summed E-state index contributed by atoms with van der Waals surface area (Å²) in [6, 6.07) is 5.53. The maximum Gasteiger partial charge on any atom is 0.148 e. The van der Waals surface area contributed by atoms with E-state index in [9.17, 15) is 4.39 Å². The van der Waals surface area contributed by atoms with E-state index in [1.165, 1.54) is 0 Å². The highest BCUT2D eigenvalue weighted by atomic mass is 32.1. The largest absolute Gasteiger partial charge is 0.380 e. The molecule has 0 radical (unpaired) electrons. The van der Waals surface area contributed by atoms with E-state index in [4.69, 9.17) is 0 Å². The van der Waals surface area contributed by atoms with Crippen molar-refractivity contribution in [3.05, 3.63) is 40.1 Å². The Morgan fingerprint density at radius 1 is 1.40 bits per heavy atom. The smallest absolute Gasteiger partial charge is 0.148 e. The number of thiazole rings is 1. The van der Waals surface area contributed by atoms with Crippen molar-refractivity contribution in [1.82, 2.24) is 4.98 Å². The minimum atomic E-state index is -0.202. The molecule has 0 aliphatic rings. The molecule has 0 amide bonds. The number of hydrogen-bond acceptors (Lipinski definition) is 4. The Morgan fingerprint density at radius 3 is 2.70 bits per heavy atom. The molecule has 5 heteroatoms. The molecule has 2 rings (SSSR count). The van der Waals surface area contributed by atoms with Gasteiger partial charge in [-0.25, -0.2) is 9.37 Å². The Morgan fingerprint density at radius 2 is 2.15 bits per heavy atom. The third-order valence-corrected chi connectivity index (χ3v) is 4.15. The van der Waals surface area contributed by atoms with Gasteiger partial charge in [0.2, 0.25) is 0 Å². The van der Waals surface area contributed by atoms with Crippen LogP contribution in [-0.4, -0.2) is 18.1 Å². The summed E-state index contributed by atoms with van der Waals surface area (Å²) in [6.07, 6.45) is 1.85. The summed E-state index contributed by atoms with van der Waals surface area (Å²) in [5.74, 6) is -0.202. The van der Waals surface area contributed by atoms with Gasteiger partial charge < -0.3 is 10.2 Å². The lowest BCUT2D eigenvalue weighted by Crippen LogP contribution is -2.26. The van der Waals surface area contributed by atoms with Crippen LogP contribution in [-0.2, 0) is 6.54 Å². The molecule has 1 aromatic carbocycles. The van der Waals surface area contributed by atoms with Crippen LogP contribution in [0.25, 0.3) is 0 Å².